The molecule has 0 unspecified atom stereocenters. The molecular formula is C22H51O6Ti-. The van der Waals surface area contributed by atoms with Gasteiger partial charge in [0.05, 0.1) is 0 Å². The van der Waals surface area contributed by atoms with Crippen LogP contribution in [0.2, 0.25) is 0 Å². The van der Waals surface area contributed by atoms with Crippen LogP contribution in [0.15, 0.2) is 0 Å². The summed E-state index contributed by atoms with van der Waals surface area (Å²) >= 11 is 0. The van der Waals surface area contributed by atoms with Gasteiger partial charge in [-0.05, 0) is 48.0 Å². The van der Waals surface area contributed by atoms with Crippen molar-refractivity contribution in [2.75, 3.05) is 13.2 Å². The number of aliphatic hydroxyl groups excluding tert-OH is 3. The van der Waals surface area contributed by atoms with Crippen LogP contribution >= 0.6 is 0 Å². The molecule has 0 spiro atoms. The van der Waals surface area contributed by atoms with Gasteiger partial charge in [0.25, 0.3) is 0 Å². The Morgan fingerprint density at radius 2 is 1.07 bits per heavy atom. The number of carbonyl (C=O) groups is 1. The van der Waals surface area contributed by atoms with E-state index in [4.69, 9.17) is 25.2 Å². The molecule has 0 aliphatic carbocycles. The van der Waals surface area contributed by atoms with Gasteiger partial charge < -0.3 is 31.1 Å². The summed E-state index contributed by atoms with van der Waals surface area (Å²) in [7, 11) is 0. The standard InChI is InChI=1S/C9H18O3.C4H9.3C3H8O.Ti/c1-2-3-4-5-6-7-12-8-9(10)11;1-4(2)3;3*1-3(2)4;/h2-8H2,1H3,(H,10,11);1-3H3;3*3-4H,1-2H3;/q;-1;;;;. The van der Waals surface area contributed by atoms with Crippen LogP contribution in [-0.2, 0) is 31.2 Å². The van der Waals surface area contributed by atoms with Gasteiger partial charge in [0.15, 0.2) is 0 Å². The van der Waals surface area contributed by atoms with Gasteiger partial charge in [0, 0.05) is 46.6 Å². The molecule has 0 heterocycles. The fourth-order valence-electron chi connectivity index (χ4n) is 0.967. The largest absolute Gasteiger partial charge is 0.480 e. The van der Waals surface area contributed by atoms with E-state index in [9.17, 15) is 4.79 Å². The molecule has 0 aromatic heterocycles. The predicted octanol–water partition coefficient (Wildman–Crippen LogP) is 4.84. The zero-order valence-corrected chi connectivity index (χ0v) is 22.3. The zero-order valence-electron chi connectivity index (χ0n) is 20.8. The first-order valence-electron chi connectivity index (χ1n) is 10.3. The Hall–Kier alpha value is 0.0243. The van der Waals surface area contributed by atoms with E-state index >= 15 is 0 Å². The van der Waals surface area contributed by atoms with Crippen LogP contribution in [0.25, 0.3) is 0 Å². The molecule has 180 valence electrons. The van der Waals surface area contributed by atoms with Gasteiger partial charge in [-0.25, -0.2) is 4.79 Å². The minimum absolute atomic E-state index is 0. The third kappa shape index (κ3) is 233. The molecule has 4 N–H and O–H groups in total. The molecule has 0 bridgehead atoms. The maximum atomic E-state index is 10.0. The Morgan fingerprint density at radius 3 is 1.31 bits per heavy atom. The number of unbranched alkanes of at least 4 members (excludes halogenated alkanes) is 4. The van der Waals surface area contributed by atoms with E-state index in [1.165, 1.54) is 25.2 Å². The minimum atomic E-state index is -0.886. The van der Waals surface area contributed by atoms with E-state index in [1.807, 2.05) is 0 Å². The Bertz CT molecular complexity index is 225. The Kier molecular flexibility index (Phi) is 57.2. The van der Waals surface area contributed by atoms with Crippen LogP contribution in [0.4, 0.5) is 0 Å². The second-order valence-electron chi connectivity index (χ2n) is 7.64. The molecule has 0 radical (unpaired) electrons. The van der Waals surface area contributed by atoms with Crippen LogP contribution in [0, 0.1) is 5.92 Å². The maximum Gasteiger partial charge on any atom is 0.329 e. The fourth-order valence-corrected chi connectivity index (χ4v) is 0.967. The molecule has 0 aliphatic heterocycles. The van der Waals surface area contributed by atoms with E-state index in [0.717, 1.165) is 12.8 Å². The molecule has 0 fully saturated rings. The molecular weight excluding hydrogens is 408 g/mol. The number of ether oxygens (including phenoxy) is 1. The number of carboxylic acids is 1. The van der Waals surface area contributed by atoms with Gasteiger partial charge in [-0.3, -0.25) is 0 Å². The summed E-state index contributed by atoms with van der Waals surface area (Å²) in [6.07, 6.45) is 5.35. The van der Waals surface area contributed by atoms with Gasteiger partial charge in [0.1, 0.15) is 6.61 Å². The molecule has 0 rings (SSSR count). The summed E-state index contributed by atoms with van der Waals surface area (Å²) in [5.74, 6) is 0.531. The maximum absolute atomic E-state index is 10.0. The Balaban J connectivity index is -0.0000000648. The van der Waals surface area contributed by atoms with Crippen molar-refractivity contribution >= 4 is 5.97 Å². The smallest absolute Gasteiger partial charge is 0.329 e. The molecule has 0 amide bonds. The zero-order chi connectivity index (χ0) is 23.5. The molecule has 6 nitrogen and oxygen atoms in total. The van der Waals surface area contributed by atoms with Crippen LogP contribution in [0.3, 0.4) is 0 Å². The molecule has 29 heavy (non-hydrogen) atoms. The van der Waals surface area contributed by atoms with Crippen molar-refractivity contribution in [3.63, 3.8) is 0 Å². The minimum Gasteiger partial charge on any atom is -0.480 e. The monoisotopic (exact) mass is 459 g/mol. The summed E-state index contributed by atoms with van der Waals surface area (Å²) in [6, 6.07) is 0. The number of aliphatic hydroxyl groups is 3. The van der Waals surface area contributed by atoms with Gasteiger partial charge in [-0.15, -0.1) is 0 Å². The summed E-state index contributed by atoms with van der Waals surface area (Å²) in [5, 5.41) is 32.4. The van der Waals surface area contributed by atoms with Gasteiger partial charge in [0.2, 0.25) is 0 Å². The number of rotatable bonds is 8. The predicted molar refractivity (Wildman–Crippen MR) is 120 cm³/mol. The van der Waals surface area contributed by atoms with Gasteiger partial charge in [-0.2, -0.15) is 20.8 Å². The number of carboxylic acid groups (broad SMARTS) is 1. The van der Waals surface area contributed by atoms with Crippen LogP contribution in [-0.4, -0.2) is 57.9 Å². The first-order valence-corrected chi connectivity index (χ1v) is 10.3. The van der Waals surface area contributed by atoms with Crippen LogP contribution < -0.4 is 0 Å². The van der Waals surface area contributed by atoms with Crippen molar-refractivity contribution in [1.82, 2.24) is 0 Å². The van der Waals surface area contributed by atoms with Crippen molar-refractivity contribution in [3.05, 3.63) is 5.92 Å². The number of hydrogen-bond donors (Lipinski definition) is 4. The Labute approximate surface area is 196 Å². The first-order chi connectivity index (χ1) is 12.7. The molecule has 0 aromatic carbocycles. The molecule has 7 heteroatoms. The molecule has 0 aromatic rings. The van der Waals surface area contributed by atoms with Crippen LogP contribution in [0.1, 0.15) is 101 Å². The summed E-state index contributed by atoms with van der Waals surface area (Å²) in [4.78, 5) is 10.0. The molecule has 0 saturated heterocycles. The van der Waals surface area contributed by atoms with Crippen molar-refractivity contribution in [2.45, 2.75) is 120 Å². The van der Waals surface area contributed by atoms with Crippen molar-refractivity contribution in [3.8, 4) is 0 Å². The fraction of sp³-hybridized carbons (Fsp3) is 0.909. The van der Waals surface area contributed by atoms with E-state index in [-0.39, 0.29) is 46.6 Å². The second kappa shape index (κ2) is 38.6. The summed E-state index contributed by atoms with van der Waals surface area (Å²) in [5.41, 5.74) is 0. The average molecular weight is 460 g/mol. The second-order valence-corrected chi connectivity index (χ2v) is 7.64. The van der Waals surface area contributed by atoms with Crippen LogP contribution in [0.5, 0.6) is 0 Å². The van der Waals surface area contributed by atoms with Gasteiger partial charge >= 0.3 is 5.97 Å². The quantitative estimate of drug-likeness (QED) is 0.235. The summed E-state index contributed by atoms with van der Waals surface area (Å²) < 4.78 is 4.88. The summed E-state index contributed by atoms with van der Waals surface area (Å²) in [6.45, 7) is 19.2. The first kappa shape index (κ1) is 43.0. The molecule has 0 atom stereocenters. The van der Waals surface area contributed by atoms with E-state index in [0.29, 0.717) is 6.61 Å². The topological polar surface area (TPSA) is 107 Å². The third-order valence-electron chi connectivity index (χ3n) is 1.62. The average Bonchev–Trinajstić information content (AvgIpc) is 2.43. The Morgan fingerprint density at radius 1 is 0.793 bits per heavy atom. The number of aliphatic carboxylic acids is 1. The van der Waals surface area contributed by atoms with E-state index in [1.54, 1.807) is 41.5 Å². The number of hydrogen-bond acceptors (Lipinski definition) is 5. The normalized spacial score (nSPS) is 9.14. The van der Waals surface area contributed by atoms with Crippen molar-refractivity contribution in [1.29, 1.82) is 0 Å². The van der Waals surface area contributed by atoms with E-state index in [2.05, 4.69) is 27.7 Å². The third-order valence-corrected chi connectivity index (χ3v) is 1.62. The van der Waals surface area contributed by atoms with E-state index < -0.39 is 5.97 Å². The molecule has 0 aliphatic rings. The van der Waals surface area contributed by atoms with Crippen molar-refractivity contribution in [2.24, 2.45) is 0 Å². The van der Waals surface area contributed by atoms with Gasteiger partial charge in [-0.1, -0.05) is 32.6 Å². The molecule has 0 saturated carbocycles. The van der Waals surface area contributed by atoms with Crippen molar-refractivity contribution < 1.29 is 51.7 Å². The SMILES string of the molecule is CC(C)O.CC(C)O.CC(C)O.CCCCCCCOCC(=O)O.C[C-](C)C.[Ti].